The third kappa shape index (κ3) is 3.62. The fourth-order valence-corrected chi connectivity index (χ4v) is 3.67. The maximum Gasteiger partial charge on any atom is 0.277 e. The second-order valence-electron chi connectivity index (χ2n) is 6.84. The summed E-state index contributed by atoms with van der Waals surface area (Å²) in [5.41, 5.74) is 1.94. The average Bonchev–Trinajstić information content (AvgIpc) is 3.25. The lowest BCUT2D eigenvalue weighted by atomic mass is 10.0. The topological polar surface area (TPSA) is 49.9 Å². The molecule has 0 aliphatic carbocycles. The molecule has 0 bridgehead atoms. The Morgan fingerprint density at radius 2 is 1.65 bits per heavy atom. The number of carbonyl (C=O) groups excluding carboxylic acids is 2. The minimum atomic E-state index is -0.155. The number of rotatable bonds is 8. The summed E-state index contributed by atoms with van der Waals surface area (Å²) >= 11 is 0. The van der Waals surface area contributed by atoms with Crippen LogP contribution < -0.4 is 4.74 Å². The fraction of sp³-hybridized carbons (Fsp3) is 0.524. The molecule has 2 heterocycles. The Hall–Kier alpha value is -2.30. The quantitative estimate of drug-likeness (QED) is 0.529. The summed E-state index contributed by atoms with van der Waals surface area (Å²) in [6.07, 6.45) is 5.08. The van der Waals surface area contributed by atoms with E-state index in [-0.39, 0.29) is 11.8 Å². The second-order valence-corrected chi connectivity index (χ2v) is 6.84. The zero-order chi connectivity index (χ0) is 18.5. The molecule has 1 saturated heterocycles. The predicted octanol–water partition coefficient (Wildman–Crippen LogP) is 3.45. The van der Waals surface area contributed by atoms with Crippen molar-refractivity contribution in [1.29, 1.82) is 0 Å². The van der Waals surface area contributed by atoms with E-state index in [0.717, 1.165) is 56.5 Å². The van der Waals surface area contributed by atoms with Crippen LogP contribution in [-0.4, -0.2) is 47.9 Å². The van der Waals surface area contributed by atoms with Crippen LogP contribution in [0.2, 0.25) is 0 Å². The lowest BCUT2D eigenvalue weighted by molar-refractivity contribution is -0.137. The molecule has 0 saturated carbocycles. The maximum absolute atomic E-state index is 13.1. The highest BCUT2D eigenvalue weighted by Crippen LogP contribution is 2.34. The van der Waals surface area contributed by atoms with E-state index in [1.54, 1.807) is 0 Å². The highest BCUT2D eigenvalue weighted by Gasteiger charge is 2.41. The molecule has 5 nitrogen and oxygen atoms in total. The number of amides is 2. The van der Waals surface area contributed by atoms with E-state index in [1.165, 1.54) is 4.90 Å². The van der Waals surface area contributed by atoms with Gasteiger partial charge in [-0.25, -0.2) is 0 Å². The van der Waals surface area contributed by atoms with Crippen LogP contribution in [-0.2, 0) is 9.59 Å². The van der Waals surface area contributed by atoms with Crippen molar-refractivity contribution in [3.05, 3.63) is 35.5 Å². The van der Waals surface area contributed by atoms with E-state index in [9.17, 15) is 9.59 Å². The van der Waals surface area contributed by atoms with E-state index in [4.69, 9.17) is 4.74 Å². The Labute approximate surface area is 155 Å². The molecule has 1 aromatic carbocycles. The Morgan fingerprint density at radius 1 is 0.962 bits per heavy atom. The average molecular weight is 356 g/mol. The smallest absolute Gasteiger partial charge is 0.277 e. The molecule has 140 valence electrons. The van der Waals surface area contributed by atoms with Crippen LogP contribution in [0, 0.1) is 0 Å². The fourth-order valence-electron chi connectivity index (χ4n) is 3.67. The lowest BCUT2D eigenvalue weighted by Crippen LogP contribution is -2.35. The van der Waals surface area contributed by atoms with Crippen molar-refractivity contribution in [2.75, 3.05) is 26.2 Å². The van der Waals surface area contributed by atoms with Crippen LogP contribution in [0.4, 0.5) is 0 Å². The van der Waals surface area contributed by atoms with Gasteiger partial charge in [0, 0.05) is 19.6 Å². The first-order valence-electron chi connectivity index (χ1n) is 9.76. The molecular weight excluding hydrogens is 328 g/mol. The summed E-state index contributed by atoms with van der Waals surface area (Å²) < 4.78 is 5.50. The standard InChI is InChI=1S/C21H28N2O3/c1-3-5-6-15-23-20(24)18(16-9-11-17(12-10-16)26-4-2)19(21(23)25)22-13-7-8-14-22/h9-12H,3-8,13-15H2,1-2H3. The molecule has 1 fully saturated rings. The van der Waals surface area contributed by atoms with Gasteiger partial charge in [0.05, 0.1) is 12.2 Å². The van der Waals surface area contributed by atoms with Gasteiger partial charge in [0.1, 0.15) is 11.4 Å². The highest BCUT2D eigenvalue weighted by molar-refractivity contribution is 6.35. The summed E-state index contributed by atoms with van der Waals surface area (Å²) in [7, 11) is 0. The molecule has 1 aromatic rings. The van der Waals surface area contributed by atoms with Crippen molar-refractivity contribution in [2.24, 2.45) is 0 Å². The third-order valence-corrected chi connectivity index (χ3v) is 5.01. The van der Waals surface area contributed by atoms with E-state index in [2.05, 4.69) is 11.8 Å². The minimum absolute atomic E-state index is 0.128. The maximum atomic E-state index is 13.1. The summed E-state index contributed by atoms with van der Waals surface area (Å²) in [4.78, 5) is 29.6. The SMILES string of the molecule is CCCCCN1C(=O)C(c2ccc(OCC)cc2)=C(N2CCCC2)C1=O. The van der Waals surface area contributed by atoms with E-state index >= 15 is 0 Å². The van der Waals surface area contributed by atoms with Gasteiger partial charge < -0.3 is 9.64 Å². The molecule has 0 unspecified atom stereocenters. The first kappa shape index (κ1) is 18.5. The largest absolute Gasteiger partial charge is 0.494 e. The van der Waals surface area contributed by atoms with Gasteiger partial charge in [0.15, 0.2) is 0 Å². The monoisotopic (exact) mass is 356 g/mol. The van der Waals surface area contributed by atoms with Crippen molar-refractivity contribution in [1.82, 2.24) is 9.80 Å². The molecule has 2 aliphatic heterocycles. The first-order valence-corrected chi connectivity index (χ1v) is 9.76. The van der Waals surface area contributed by atoms with Gasteiger partial charge in [-0.15, -0.1) is 0 Å². The molecule has 0 N–H and O–H groups in total. The number of likely N-dealkylation sites (tertiary alicyclic amines) is 1. The lowest BCUT2D eigenvalue weighted by Gasteiger charge is -2.20. The molecule has 26 heavy (non-hydrogen) atoms. The molecule has 0 atom stereocenters. The van der Waals surface area contributed by atoms with Crippen LogP contribution in [0.15, 0.2) is 30.0 Å². The number of carbonyl (C=O) groups is 2. The van der Waals surface area contributed by atoms with Gasteiger partial charge in [-0.1, -0.05) is 31.9 Å². The molecule has 3 rings (SSSR count). The first-order chi connectivity index (χ1) is 12.7. The Kier molecular flexibility index (Phi) is 5.96. The van der Waals surface area contributed by atoms with Gasteiger partial charge in [-0.05, 0) is 43.9 Å². The van der Waals surface area contributed by atoms with Gasteiger partial charge >= 0.3 is 0 Å². The minimum Gasteiger partial charge on any atom is -0.494 e. The number of benzene rings is 1. The molecule has 2 aliphatic rings. The van der Waals surface area contributed by atoms with Gasteiger partial charge in [-0.3, -0.25) is 14.5 Å². The van der Waals surface area contributed by atoms with Gasteiger partial charge in [0.2, 0.25) is 0 Å². The number of unbranched alkanes of at least 4 members (excludes halogenated alkanes) is 2. The third-order valence-electron chi connectivity index (χ3n) is 5.01. The van der Waals surface area contributed by atoms with Crippen LogP contribution in [0.1, 0.15) is 51.5 Å². The Bertz CT molecular complexity index is 688. The molecule has 5 heteroatoms. The highest BCUT2D eigenvalue weighted by atomic mass is 16.5. The Balaban J connectivity index is 1.93. The Morgan fingerprint density at radius 3 is 2.27 bits per heavy atom. The number of ether oxygens (including phenoxy) is 1. The molecular formula is C21H28N2O3. The van der Waals surface area contributed by atoms with Gasteiger partial charge in [0.25, 0.3) is 11.8 Å². The van der Waals surface area contributed by atoms with Crippen LogP contribution in [0.3, 0.4) is 0 Å². The number of imide groups is 1. The van der Waals surface area contributed by atoms with Crippen molar-refractivity contribution >= 4 is 17.4 Å². The van der Waals surface area contributed by atoms with Crippen LogP contribution in [0.5, 0.6) is 5.75 Å². The summed E-state index contributed by atoms with van der Waals surface area (Å²) in [6.45, 7) is 6.85. The van der Waals surface area contributed by atoms with Gasteiger partial charge in [-0.2, -0.15) is 0 Å². The number of hydrogen-bond acceptors (Lipinski definition) is 4. The molecule has 0 aromatic heterocycles. The number of nitrogens with zero attached hydrogens (tertiary/aromatic N) is 2. The summed E-state index contributed by atoms with van der Waals surface area (Å²) in [5, 5.41) is 0. The summed E-state index contributed by atoms with van der Waals surface area (Å²) in [5.74, 6) is 0.491. The zero-order valence-electron chi connectivity index (χ0n) is 15.8. The second kappa shape index (κ2) is 8.39. The molecule has 0 spiro atoms. The molecule has 0 radical (unpaired) electrons. The molecule has 2 amide bonds. The number of hydrogen-bond donors (Lipinski definition) is 0. The van der Waals surface area contributed by atoms with Crippen LogP contribution in [0.25, 0.3) is 5.57 Å². The van der Waals surface area contributed by atoms with E-state index < -0.39 is 0 Å². The van der Waals surface area contributed by atoms with E-state index in [1.807, 2.05) is 31.2 Å². The van der Waals surface area contributed by atoms with Crippen molar-refractivity contribution in [3.8, 4) is 5.75 Å². The van der Waals surface area contributed by atoms with Crippen LogP contribution >= 0.6 is 0 Å². The normalized spacial score (nSPS) is 17.6. The zero-order valence-corrected chi connectivity index (χ0v) is 15.8. The van der Waals surface area contributed by atoms with Crippen molar-refractivity contribution in [3.63, 3.8) is 0 Å². The van der Waals surface area contributed by atoms with E-state index in [0.29, 0.717) is 24.4 Å². The predicted molar refractivity (Wildman–Crippen MR) is 102 cm³/mol. The summed E-state index contributed by atoms with van der Waals surface area (Å²) in [6, 6.07) is 7.50. The van der Waals surface area contributed by atoms with Crippen molar-refractivity contribution in [2.45, 2.75) is 46.0 Å². The van der Waals surface area contributed by atoms with Crippen molar-refractivity contribution < 1.29 is 14.3 Å².